The van der Waals surface area contributed by atoms with Crippen LogP contribution in [0.25, 0.3) is 6.08 Å². The molecule has 2 saturated carbocycles. The number of aldehydes is 1. The largest absolute Gasteiger partial charge is 0.506 e. The van der Waals surface area contributed by atoms with Crippen molar-refractivity contribution in [3.05, 3.63) is 22.8 Å². The summed E-state index contributed by atoms with van der Waals surface area (Å²) in [6.45, 7) is 9.18. The van der Waals surface area contributed by atoms with E-state index in [0.29, 0.717) is 18.1 Å². The van der Waals surface area contributed by atoms with Gasteiger partial charge in [0.05, 0.1) is 11.1 Å². The lowest BCUT2D eigenvalue weighted by Crippen LogP contribution is -2.47. The van der Waals surface area contributed by atoms with Crippen LogP contribution in [0.4, 0.5) is 0 Å². The highest BCUT2D eigenvalue weighted by atomic mass is 16.3. The Bertz CT molecular complexity index is 762. The van der Waals surface area contributed by atoms with Gasteiger partial charge in [-0.25, -0.2) is 0 Å². The van der Waals surface area contributed by atoms with Crippen molar-refractivity contribution in [2.75, 3.05) is 0 Å². The van der Waals surface area contributed by atoms with E-state index < -0.39 is 0 Å². The molecule has 0 aromatic heterocycles. The Hall–Kier alpha value is -1.97. The highest BCUT2D eigenvalue weighted by Crippen LogP contribution is 2.61. The van der Waals surface area contributed by atoms with Crippen molar-refractivity contribution in [3.8, 4) is 17.2 Å². The van der Waals surface area contributed by atoms with Crippen molar-refractivity contribution in [1.29, 1.82) is 0 Å². The van der Waals surface area contributed by atoms with Crippen LogP contribution in [-0.2, 0) is 0 Å². The molecule has 1 aromatic rings. The number of phenolic OH excluding ortho intramolecular Hbond substituents is 3. The minimum atomic E-state index is -0.383. The Morgan fingerprint density at radius 2 is 1.77 bits per heavy atom. The average Bonchev–Trinajstić information content (AvgIpc) is 2.56. The molecule has 1 aromatic carbocycles. The molecule has 0 amide bonds. The lowest BCUT2D eigenvalue weighted by atomic mass is 9.48. The van der Waals surface area contributed by atoms with Crippen molar-refractivity contribution in [2.24, 2.45) is 22.7 Å². The molecule has 26 heavy (non-hydrogen) atoms. The fraction of sp³-hybridized carbons (Fsp3) is 0.591. The van der Waals surface area contributed by atoms with Crippen LogP contribution in [0.1, 0.15) is 75.7 Å². The second-order valence-electron chi connectivity index (χ2n) is 9.10. The van der Waals surface area contributed by atoms with Gasteiger partial charge in [-0.2, -0.15) is 0 Å². The third-order valence-corrected chi connectivity index (χ3v) is 7.05. The summed E-state index contributed by atoms with van der Waals surface area (Å²) in [5.74, 6) is -0.153. The van der Waals surface area contributed by atoms with Crippen molar-refractivity contribution < 1.29 is 20.1 Å². The summed E-state index contributed by atoms with van der Waals surface area (Å²) in [6, 6.07) is 1.10. The van der Waals surface area contributed by atoms with E-state index >= 15 is 0 Å². The van der Waals surface area contributed by atoms with Crippen LogP contribution in [0.2, 0.25) is 0 Å². The van der Waals surface area contributed by atoms with Crippen LogP contribution in [0.3, 0.4) is 0 Å². The summed E-state index contributed by atoms with van der Waals surface area (Å²) in [5, 5.41) is 30.7. The van der Waals surface area contributed by atoms with E-state index in [1.165, 1.54) is 18.4 Å². The first-order valence-electron chi connectivity index (χ1n) is 9.57. The molecule has 3 atom stereocenters. The molecule has 142 valence electrons. The zero-order chi connectivity index (χ0) is 19.3. The van der Waals surface area contributed by atoms with Gasteiger partial charge in [0.1, 0.15) is 5.75 Å². The van der Waals surface area contributed by atoms with Crippen molar-refractivity contribution >= 4 is 12.4 Å². The molecule has 0 radical (unpaired) electrons. The molecular formula is C22H30O4. The highest BCUT2D eigenvalue weighted by molar-refractivity contribution is 5.86. The molecular weight excluding hydrogens is 328 g/mol. The summed E-state index contributed by atoms with van der Waals surface area (Å²) in [5.41, 5.74) is 1.59. The summed E-state index contributed by atoms with van der Waals surface area (Å²) in [7, 11) is 0. The number of carbonyl (C=O) groups excluding carboxylic acids is 1. The van der Waals surface area contributed by atoms with Crippen molar-refractivity contribution in [1.82, 2.24) is 0 Å². The van der Waals surface area contributed by atoms with E-state index in [2.05, 4.69) is 27.7 Å². The standard InChI is InChI=1S/C22H30O4/c1-13-6-7-18-21(2,3)8-5-9-22(18,4)16(13)11-15-19(25)14(12-23)10-17(24)20(15)26/h10-13,18,24-26H,5-9H2,1-4H3/b16-11+/t13-,18?,22+/m0/s1. The maximum Gasteiger partial charge on any atom is 0.168 e. The molecule has 3 rings (SSSR count). The smallest absolute Gasteiger partial charge is 0.168 e. The van der Waals surface area contributed by atoms with Crippen LogP contribution in [0, 0.1) is 22.7 Å². The molecule has 0 heterocycles. The molecule has 0 aliphatic heterocycles. The van der Waals surface area contributed by atoms with Gasteiger partial charge in [-0.1, -0.05) is 39.7 Å². The number of rotatable bonds is 2. The predicted octanol–water partition coefficient (Wildman–Crippen LogP) is 5.26. The van der Waals surface area contributed by atoms with Crippen LogP contribution in [-0.4, -0.2) is 21.6 Å². The number of carbonyl (C=O) groups is 1. The number of allylic oxidation sites excluding steroid dienone is 1. The second kappa shape index (κ2) is 6.33. The molecule has 0 spiro atoms. The molecule has 1 unspecified atom stereocenters. The number of hydrogen-bond donors (Lipinski definition) is 3. The molecule has 2 aliphatic rings. The second-order valence-corrected chi connectivity index (χ2v) is 9.10. The predicted molar refractivity (Wildman–Crippen MR) is 102 cm³/mol. The topological polar surface area (TPSA) is 77.8 Å². The van der Waals surface area contributed by atoms with Gasteiger partial charge >= 0.3 is 0 Å². The summed E-state index contributed by atoms with van der Waals surface area (Å²) in [6.07, 6.45) is 8.02. The van der Waals surface area contributed by atoms with Gasteiger partial charge < -0.3 is 15.3 Å². The maximum atomic E-state index is 11.2. The van der Waals surface area contributed by atoms with E-state index in [0.717, 1.165) is 25.3 Å². The van der Waals surface area contributed by atoms with Gasteiger partial charge in [0.25, 0.3) is 0 Å². The van der Waals surface area contributed by atoms with Gasteiger partial charge in [0.15, 0.2) is 17.8 Å². The van der Waals surface area contributed by atoms with E-state index in [1.807, 2.05) is 6.08 Å². The molecule has 3 N–H and O–H groups in total. The van der Waals surface area contributed by atoms with Crippen LogP contribution in [0.5, 0.6) is 17.2 Å². The third kappa shape index (κ3) is 2.80. The first-order chi connectivity index (χ1) is 12.1. The molecule has 4 nitrogen and oxygen atoms in total. The normalized spacial score (nSPS) is 32.2. The minimum absolute atomic E-state index is 0.00883. The third-order valence-electron chi connectivity index (χ3n) is 7.05. The fourth-order valence-corrected chi connectivity index (χ4v) is 5.69. The van der Waals surface area contributed by atoms with Crippen LogP contribution >= 0.6 is 0 Å². The zero-order valence-electron chi connectivity index (χ0n) is 16.2. The first kappa shape index (κ1) is 18.8. The van der Waals surface area contributed by atoms with E-state index in [4.69, 9.17) is 0 Å². The van der Waals surface area contributed by atoms with Gasteiger partial charge in [-0.3, -0.25) is 4.79 Å². The molecule has 2 aliphatic carbocycles. The zero-order valence-corrected chi connectivity index (χ0v) is 16.2. The lowest BCUT2D eigenvalue weighted by Gasteiger charge is -2.56. The van der Waals surface area contributed by atoms with Crippen molar-refractivity contribution in [2.45, 2.75) is 59.8 Å². The monoisotopic (exact) mass is 358 g/mol. The van der Waals surface area contributed by atoms with E-state index in [-0.39, 0.29) is 39.2 Å². The Kier molecular flexibility index (Phi) is 4.58. The minimum Gasteiger partial charge on any atom is -0.506 e. The van der Waals surface area contributed by atoms with Crippen molar-refractivity contribution in [3.63, 3.8) is 0 Å². The highest BCUT2D eigenvalue weighted by Gasteiger charge is 2.51. The van der Waals surface area contributed by atoms with Crippen LogP contribution < -0.4 is 0 Å². The maximum absolute atomic E-state index is 11.2. The number of benzene rings is 1. The van der Waals surface area contributed by atoms with Gasteiger partial charge in [0.2, 0.25) is 0 Å². The Morgan fingerprint density at radius 3 is 2.42 bits per heavy atom. The first-order valence-corrected chi connectivity index (χ1v) is 9.57. The Labute approximate surface area is 155 Å². The van der Waals surface area contributed by atoms with Gasteiger partial charge in [-0.15, -0.1) is 0 Å². The average molecular weight is 358 g/mol. The number of hydrogen-bond acceptors (Lipinski definition) is 4. The fourth-order valence-electron chi connectivity index (χ4n) is 5.69. The lowest BCUT2D eigenvalue weighted by molar-refractivity contribution is -0.00535. The number of phenols is 3. The molecule has 2 fully saturated rings. The van der Waals surface area contributed by atoms with E-state index in [9.17, 15) is 20.1 Å². The quantitative estimate of drug-likeness (QED) is 0.383. The van der Waals surface area contributed by atoms with Crippen LogP contribution in [0.15, 0.2) is 11.6 Å². The van der Waals surface area contributed by atoms with Gasteiger partial charge in [-0.05, 0) is 60.5 Å². The Morgan fingerprint density at radius 1 is 1.08 bits per heavy atom. The molecule has 0 bridgehead atoms. The molecule has 0 saturated heterocycles. The number of aromatic hydroxyl groups is 3. The van der Waals surface area contributed by atoms with Gasteiger partial charge in [0, 0.05) is 0 Å². The summed E-state index contributed by atoms with van der Waals surface area (Å²) >= 11 is 0. The Balaban J connectivity index is 2.18. The summed E-state index contributed by atoms with van der Waals surface area (Å²) < 4.78 is 0. The summed E-state index contributed by atoms with van der Waals surface area (Å²) in [4.78, 5) is 11.2. The van der Waals surface area contributed by atoms with E-state index in [1.54, 1.807) is 0 Å². The SMILES string of the molecule is C[C@H]1CCC2C(C)(C)CCC[C@]2(C)/C1=C/c1c(O)c(O)cc(C=O)c1O. The number of fused-ring (bicyclic) bond motifs is 1. The molecule has 4 heteroatoms.